The molecule has 0 saturated carbocycles. The van der Waals surface area contributed by atoms with Crippen molar-refractivity contribution in [2.24, 2.45) is 0 Å². The molecule has 1 aromatic heterocycles. The highest BCUT2D eigenvalue weighted by molar-refractivity contribution is 7.89. The summed E-state index contributed by atoms with van der Waals surface area (Å²) in [4.78, 5) is 16.3. The maximum absolute atomic E-state index is 12.8. The maximum atomic E-state index is 12.8. The molecule has 3 rings (SSSR count). The van der Waals surface area contributed by atoms with Crippen LogP contribution >= 0.6 is 0 Å². The van der Waals surface area contributed by atoms with E-state index in [1.165, 1.54) is 22.5 Å². The van der Waals surface area contributed by atoms with Crippen LogP contribution in [0.15, 0.2) is 29.2 Å². The van der Waals surface area contributed by atoms with Crippen LogP contribution in [-0.2, 0) is 10.0 Å². The lowest BCUT2D eigenvalue weighted by atomic mass is 10.0. The van der Waals surface area contributed by atoms with E-state index in [9.17, 15) is 18.3 Å². The molecule has 0 radical (unpaired) electrons. The van der Waals surface area contributed by atoms with Crippen molar-refractivity contribution >= 4 is 26.9 Å². The van der Waals surface area contributed by atoms with Crippen LogP contribution in [0.1, 0.15) is 55.1 Å². The molecule has 0 aliphatic carbocycles. The largest absolute Gasteiger partial charge is 0.478 e. The van der Waals surface area contributed by atoms with Gasteiger partial charge in [-0.3, -0.25) is 4.98 Å². The highest BCUT2D eigenvalue weighted by Gasteiger charge is 2.27. The molecule has 25 heavy (non-hydrogen) atoms. The number of carbonyl (C=O) groups is 1. The number of hydrogen-bond donors (Lipinski definition) is 1. The lowest BCUT2D eigenvalue weighted by Gasteiger charge is -2.26. The Morgan fingerprint density at radius 1 is 1.16 bits per heavy atom. The van der Waals surface area contributed by atoms with E-state index in [0.29, 0.717) is 29.7 Å². The summed E-state index contributed by atoms with van der Waals surface area (Å²) in [5.74, 6) is -0.999. The predicted molar refractivity (Wildman–Crippen MR) is 95.4 cm³/mol. The first kappa shape index (κ1) is 17.8. The summed E-state index contributed by atoms with van der Waals surface area (Å²) in [6, 6.07) is 6.10. The Morgan fingerprint density at radius 2 is 1.84 bits per heavy atom. The third-order valence-electron chi connectivity index (χ3n) is 4.57. The number of aromatic nitrogens is 1. The van der Waals surface area contributed by atoms with Gasteiger partial charge in [-0.05, 0) is 43.0 Å². The van der Waals surface area contributed by atoms with Crippen LogP contribution in [0, 0.1) is 0 Å². The van der Waals surface area contributed by atoms with Crippen molar-refractivity contribution in [1.29, 1.82) is 0 Å². The van der Waals surface area contributed by atoms with Gasteiger partial charge >= 0.3 is 5.97 Å². The minimum absolute atomic E-state index is 0.0826. The molecule has 1 aliphatic rings. The van der Waals surface area contributed by atoms with Crippen molar-refractivity contribution < 1.29 is 18.3 Å². The minimum Gasteiger partial charge on any atom is -0.478 e. The predicted octanol–water partition coefficient (Wildman–Crippen LogP) is 3.23. The summed E-state index contributed by atoms with van der Waals surface area (Å²) in [6.07, 6.45) is 2.74. The zero-order valence-corrected chi connectivity index (χ0v) is 15.2. The third kappa shape index (κ3) is 3.39. The molecule has 1 aliphatic heterocycles. The van der Waals surface area contributed by atoms with Crippen LogP contribution in [0.3, 0.4) is 0 Å². The standard InChI is InChI=1S/C18H22N2O4S/c1-12(2)17-11-15(18(21)22)14-10-13(6-7-16(14)19-17)25(23,24)20-8-4-3-5-9-20/h6-7,10-12H,3-5,8-9H2,1-2H3,(H,21,22). The monoisotopic (exact) mass is 362 g/mol. The van der Waals surface area contributed by atoms with Crippen LogP contribution in [0.2, 0.25) is 0 Å². The molecule has 0 spiro atoms. The van der Waals surface area contributed by atoms with Gasteiger partial charge in [0.25, 0.3) is 0 Å². The number of sulfonamides is 1. The van der Waals surface area contributed by atoms with E-state index < -0.39 is 16.0 Å². The van der Waals surface area contributed by atoms with Gasteiger partial charge in [-0.25, -0.2) is 13.2 Å². The molecule has 2 heterocycles. The molecule has 0 bridgehead atoms. The summed E-state index contributed by atoms with van der Waals surface area (Å²) < 4.78 is 27.2. The number of benzene rings is 1. The number of pyridine rings is 1. The van der Waals surface area contributed by atoms with Gasteiger partial charge in [-0.15, -0.1) is 0 Å². The van der Waals surface area contributed by atoms with E-state index >= 15 is 0 Å². The molecule has 1 fully saturated rings. The lowest BCUT2D eigenvalue weighted by molar-refractivity contribution is 0.0698. The van der Waals surface area contributed by atoms with Crippen LogP contribution < -0.4 is 0 Å². The van der Waals surface area contributed by atoms with Crippen LogP contribution in [-0.4, -0.2) is 41.9 Å². The van der Waals surface area contributed by atoms with E-state index in [1.54, 1.807) is 6.07 Å². The second-order valence-corrected chi connectivity index (χ2v) is 8.64. The lowest BCUT2D eigenvalue weighted by Crippen LogP contribution is -2.35. The Morgan fingerprint density at radius 3 is 2.44 bits per heavy atom. The first-order valence-electron chi connectivity index (χ1n) is 8.49. The zero-order valence-electron chi connectivity index (χ0n) is 14.4. The molecule has 7 heteroatoms. The quantitative estimate of drug-likeness (QED) is 0.902. The van der Waals surface area contributed by atoms with Crippen molar-refractivity contribution in [1.82, 2.24) is 9.29 Å². The number of aromatic carboxylic acids is 1. The number of carboxylic acid groups (broad SMARTS) is 1. The fourth-order valence-electron chi connectivity index (χ4n) is 3.11. The van der Waals surface area contributed by atoms with Crippen molar-refractivity contribution in [2.75, 3.05) is 13.1 Å². The summed E-state index contributed by atoms with van der Waals surface area (Å²) in [5, 5.41) is 9.90. The van der Waals surface area contributed by atoms with Crippen molar-refractivity contribution in [3.63, 3.8) is 0 Å². The Bertz CT molecular complexity index is 916. The summed E-state index contributed by atoms with van der Waals surface area (Å²) in [5.41, 5.74) is 1.27. The molecule has 0 unspecified atom stereocenters. The average molecular weight is 362 g/mol. The van der Waals surface area contributed by atoms with E-state index in [2.05, 4.69) is 4.98 Å². The molecular weight excluding hydrogens is 340 g/mol. The minimum atomic E-state index is -3.61. The molecular formula is C18H22N2O4S. The Labute approximate surface area is 147 Å². The van der Waals surface area contributed by atoms with E-state index in [0.717, 1.165) is 19.3 Å². The molecule has 1 aromatic carbocycles. The molecule has 1 saturated heterocycles. The zero-order chi connectivity index (χ0) is 18.2. The fraction of sp³-hybridized carbons (Fsp3) is 0.444. The number of nitrogens with zero attached hydrogens (tertiary/aromatic N) is 2. The van der Waals surface area contributed by atoms with Crippen LogP contribution in [0.25, 0.3) is 10.9 Å². The van der Waals surface area contributed by atoms with E-state index in [1.807, 2.05) is 13.8 Å². The highest BCUT2D eigenvalue weighted by Crippen LogP contribution is 2.27. The second kappa shape index (κ2) is 6.72. The van der Waals surface area contributed by atoms with Crippen LogP contribution in [0.4, 0.5) is 0 Å². The Balaban J connectivity index is 2.14. The van der Waals surface area contributed by atoms with Gasteiger partial charge in [0.2, 0.25) is 10.0 Å². The number of fused-ring (bicyclic) bond motifs is 1. The maximum Gasteiger partial charge on any atom is 0.336 e. The second-order valence-electron chi connectivity index (χ2n) is 6.70. The molecule has 6 nitrogen and oxygen atoms in total. The molecule has 2 aromatic rings. The van der Waals surface area contributed by atoms with Gasteiger partial charge in [0, 0.05) is 24.2 Å². The van der Waals surface area contributed by atoms with Gasteiger partial charge in [0.05, 0.1) is 16.0 Å². The van der Waals surface area contributed by atoms with E-state index in [4.69, 9.17) is 0 Å². The molecule has 0 atom stereocenters. The molecule has 0 amide bonds. The Kier molecular flexibility index (Phi) is 4.79. The Hall–Kier alpha value is -1.99. The molecule has 134 valence electrons. The van der Waals surface area contributed by atoms with Crippen molar-refractivity contribution in [3.05, 3.63) is 35.5 Å². The van der Waals surface area contributed by atoms with Gasteiger partial charge in [0.15, 0.2) is 0 Å². The van der Waals surface area contributed by atoms with E-state index in [-0.39, 0.29) is 16.4 Å². The topological polar surface area (TPSA) is 87.6 Å². The van der Waals surface area contributed by atoms with Gasteiger partial charge < -0.3 is 5.11 Å². The summed E-state index contributed by atoms with van der Waals surface area (Å²) in [6.45, 7) is 4.90. The first-order valence-corrected chi connectivity index (χ1v) is 9.93. The summed E-state index contributed by atoms with van der Waals surface area (Å²) in [7, 11) is -3.61. The highest BCUT2D eigenvalue weighted by atomic mass is 32.2. The van der Waals surface area contributed by atoms with Crippen molar-refractivity contribution in [3.8, 4) is 0 Å². The van der Waals surface area contributed by atoms with Crippen LogP contribution in [0.5, 0.6) is 0 Å². The van der Waals surface area contributed by atoms with Gasteiger partial charge in [0.1, 0.15) is 0 Å². The SMILES string of the molecule is CC(C)c1cc(C(=O)O)c2cc(S(=O)(=O)N3CCCCC3)ccc2n1. The normalized spacial score (nSPS) is 16.4. The van der Waals surface area contributed by atoms with Gasteiger partial charge in [-0.2, -0.15) is 4.31 Å². The summed E-state index contributed by atoms with van der Waals surface area (Å²) >= 11 is 0. The molecule has 1 N–H and O–H groups in total. The first-order chi connectivity index (χ1) is 11.8. The smallest absolute Gasteiger partial charge is 0.336 e. The third-order valence-corrected chi connectivity index (χ3v) is 6.47. The van der Waals surface area contributed by atoms with Crippen molar-refractivity contribution in [2.45, 2.75) is 43.9 Å². The number of piperidine rings is 1. The number of rotatable bonds is 4. The number of hydrogen-bond acceptors (Lipinski definition) is 4. The average Bonchev–Trinajstić information content (AvgIpc) is 2.60. The number of carboxylic acids is 1. The fourth-order valence-corrected chi connectivity index (χ4v) is 4.66. The van der Waals surface area contributed by atoms with Gasteiger partial charge in [-0.1, -0.05) is 20.3 Å².